The van der Waals surface area contributed by atoms with E-state index in [1.165, 1.54) is 35.1 Å². The lowest BCUT2D eigenvalue weighted by molar-refractivity contribution is -0.384. The fraction of sp³-hybridized carbons (Fsp3) is 0.179. The van der Waals surface area contributed by atoms with Gasteiger partial charge in [0.2, 0.25) is 0 Å². The van der Waals surface area contributed by atoms with Gasteiger partial charge in [0.25, 0.3) is 11.2 Å². The van der Waals surface area contributed by atoms with Crippen molar-refractivity contribution in [1.82, 2.24) is 4.57 Å². The van der Waals surface area contributed by atoms with Crippen molar-refractivity contribution in [2.75, 3.05) is 13.7 Å². The van der Waals surface area contributed by atoms with Gasteiger partial charge in [-0.25, -0.2) is 9.79 Å². The Kier molecular flexibility index (Phi) is 6.99. The van der Waals surface area contributed by atoms with Crippen LogP contribution in [0.25, 0.3) is 17.4 Å². The van der Waals surface area contributed by atoms with Gasteiger partial charge in [0.15, 0.2) is 4.80 Å². The Hall–Kier alpha value is -4.77. The fourth-order valence-electron chi connectivity index (χ4n) is 4.44. The topological polar surface area (TPSA) is 126 Å². The van der Waals surface area contributed by atoms with Crippen LogP contribution in [0.15, 0.2) is 86.1 Å². The van der Waals surface area contributed by atoms with Gasteiger partial charge in [-0.05, 0) is 44.2 Å². The normalized spacial score (nSPS) is 15.1. The van der Waals surface area contributed by atoms with Gasteiger partial charge in [-0.15, -0.1) is 0 Å². The monoisotopic (exact) mass is 545 g/mol. The molecule has 5 rings (SSSR count). The molecular weight excluding hydrogens is 522 g/mol. The van der Waals surface area contributed by atoms with E-state index in [0.717, 1.165) is 0 Å². The minimum atomic E-state index is -0.800. The molecule has 0 N–H and O–H groups in total. The molecule has 1 aliphatic heterocycles. The van der Waals surface area contributed by atoms with Crippen LogP contribution in [-0.2, 0) is 9.53 Å². The highest BCUT2D eigenvalue weighted by molar-refractivity contribution is 7.07. The predicted octanol–water partition coefficient (Wildman–Crippen LogP) is 3.98. The number of hydrogen-bond acceptors (Lipinski definition) is 9. The van der Waals surface area contributed by atoms with Gasteiger partial charge in [-0.3, -0.25) is 19.5 Å². The summed E-state index contributed by atoms with van der Waals surface area (Å²) in [4.78, 5) is 42.3. The smallest absolute Gasteiger partial charge is 0.338 e. The standard InChI is InChI=1S/C28H23N3O7S/c1-4-37-27(33)24-16(2)29-28-30(25(24)20-7-5-6-8-22(20)36-3)26(32)23(39-28)15-19-13-14-21(38-19)17-9-11-18(12-10-17)31(34)35/h5-15,25H,4H2,1-3H3/b23-15-. The van der Waals surface area contributed by atoms with Crippen LogP contribution in [0, 0.1) is 10.1 Å². The van der Waals surface area contributed by atoms with E-state index in [1.54, 1.807) is 50.3 Å². The van der Waals surface area contributed by atoms with E-state index in [4.69, 9.17) is 13.9 Å². The van der Waals surface area contributed by atoms with Gasteiger partial charge in [0, 0.05) is 29.3 Å². The van der Waals surface area contributed by atoms with E-state index >= 15 is 0 Å². The summed E-state index contributed by atoms with van der Waals surface area (Å²) in [5.74, 6) is 0.884. The number of rotatable bonds is 7. The molecule has 0 spiro atoms. The first-order valence-corrected chi connectivity index (χ1v) is 12.8. The molecule has 1 atom stereocenters. The molecule has 198 valence electrons. The van der Waals surface area contributed by atoms with Crippen molar-refractivity contribution >= 4 is 29.1 Å². The Morgan fingerprint density at radius 3 is 2.62 bits per heavy atom. The van der Waals surface area contributed by atoms with Gasteiger partial charge < -0.3 is 13.9 Å². The molecule has 0 fully saturated rings. The number of thiazole rings is 1. The first-order valence-electron chi connectivity index (χ1n) is 12.0. The molecule has 10 nitrogen and oxygen atoms in total. The number of methoxy groups -OCH3 is 1. The summed E-state index contributed by atoms with van der Waals surface area (Å²) >= 11 is 1.18. The molecule has 0 amide bonds. The Balaban J connectivity index is 1.62. The van der Waals surface area contributed by atoms with Crippen molar-refractivity contribution in [2.24, 2.45) is 4.99 Å². The van der Waals surface area contributed by atoms with Crippen LogP contribution >= 0.6 is 11.3 Å². The second-order valence-corrected chi connectivity index (χ2v) is 9.56. The molecule has 0 aliphatic carbocycles. The lowest BCUT2D eigenvalue weighted by Gasteiger charge is -2.25. The molecule has 0 bridgehead atoms. The number of benzene rings is 2. The number of nitro benzene ring substituents is 1. The van der Waals surface area contributed by atoms with Gasteiger partial charge in [-0.1, -0.05) is 29.5 Å². The summed E-state index contributed by atoms with van der Waals surface area (Å²) in [6.45, 7) is 3.61. The number of carbonyl (C=O) groups is 1. The second kappa shape index (κ2) is 10.5. The summed E-state index contributed by atoms with van der Waals surface area (Å²) < 4.78 is 18.7. The van der Waals surface area contributed by atoms with Gasteiger partial charge in [0.1, 0.15) is 23.3 Å². The molecule has 1 aliphatic rings. The molecule has 0 saturated heterocycles. The van der Waals surface area contributed by atoms with Gasteiger partial charge in [-0.2, -0.15) is 0 Å². The molecule has 11 heteroatoms. The highest BCUT2D eigenvalue weighted by Crippen LogP contribution is 2.35. The van der Waals surface area contributed by atoms with E-state index < -0.39 is 16.9 Å². The van der Waals surface area contributed by atoms with E-state index in [2.05, 4.69) is 4.99 Å². The zero-order valence-electron chi connectivity index (χ0n) is 21.2. The third-order valence-electron chi connectivity index (χ3n) is 6.21. The summed E-state index contributed by atoms with van der Waals surface area (Å²) in [6.07, 6.45) is 1.61. The average molecular weight is 546 g/mol. The van der Waals surface area contributed by atoms with Crippen molar-refractivity contribution in [3.05, 3.63) is 113 Å². The Labute approximate surface area is 225 Å². The van der Waals surface area contributed by atoms with Crippen LogP contribution in [-0.4, -0.2) is 29.2 Å². The molecule has 2 aromatic carbocycles. The minimum Gasteiger partial charge on any atom is -0.496 e. The summed E-state index contributed by atoms with van der Waals surface area (Å²) in [5.41, 5.74) is 1.64. The maximum atomic E-state index is 13.8. The number of hydrogen-bond donors (Lipinski definition) is 0. The summed E-state index contributed by atoms with van der Waals surface area (Å²) in [7, 11) is 1.53. The van der Waals surface area contributed by atoms with Crippen LogP contribution in [0.1, 0.15) is 31.2 Å². The van der Waals surface area contributed by atoms with Crippen LogP contribution in [0.5, 0.6) is 5.75 Å². The van der Waals surface area contributed by atoms with Gasteiger partial charge >= 0.3 is 5.97 Å². The van der Waals surface area contributed by atoms with Crippen molar-refractivity contribution in [1.29, 1.82) is 0 Å². The first-order chi connectivity index (χ1) is 18.8. The summed E-state index contributed by atoms with van der Waals surface area (Å²) in [5, 5.41) is 10.9. The molecule has 39 heavy (non-hydrogen) atoms. The van der Waals surface area contributed by atoms with Crippen LogP contribution in [0.3, 0.4) is 0 Å². The quantitative estimate of drug-likeness (QED) is 0.195. The highest BCUT2D eigenvalue weighted by Gasteiger charge is 2.35. The molecular formula is C28H23N3O7S. The van der Waals surface area contributed by atoms with Crippen LogP contribution in [0.4, 0.5) is 5.69 Å². The number of aromatic nitrogens is 1. The molecule has 4 aromatic rings. The number of nitro groups is 1. The molecule has 0 saturated carbocycles. The SMILES string of the molecule is CCOC(=O)C1=C(C)N=c2s/c(=C\c3ccc(-c4ccc([N+](=O)[O-])cc4)o3)c(=O)n2C1c1ccccc1OC. The van der Waals surface area contributed by atoms with Crippen molar-refractivity contribution < 1.29 is 23.6 Å². The van der Waals surface area contributed by atoms with Crippen LogP contribution in [0.2, 0.25) is 0 Å². The number of furan rings is 1. The Morgan fingerprint density at radius 1 is 1.18 bits per heavy atom. The second-order valence-electron chi connectivity index (χ2n) is 8.55. The molecule has 3 heterocycles. The predicted molar refractivity (Wildman–Crippen MR) is 144 cm³/mol. The number of carbonyl (C=O) groups excluding carboxylic acids is 1. The average Bonchev–Trinajstić information content (AvgIpc) is 3.52. The molecule has 2 aromatic heterocycles. The maximum absolute atomic E-state index is 13.8. The van der Waals surface area contributed by atoms with Crippen molar-refractivity contribution in [3.63, 3.8) is 0 Å². The van der Waals surface area contributed by atoms with E-state index in [-0.39, 0.29) is 23.4 Å². The Morgan fingerprint density at radius 2 is 1.92 bits per heavy atom. The summed E-state index contributed by atoms with van der Waals surface area (Å²) in [6, 6.07) is 15.8. The van der Waals surface area contributed by atoms with Crippen LogP contribution < -0.4 is 19.6 Å². The number of ether oxygens (including phenoxy) is 2. The van der Waals surface area contributed by atoms with Gasteiger partial charge in [0.05, 0.1) is 34.4 Å². The molecule has 1 unspecified atom stereocenters. The fourth-order valence-corrected chi connectivity index (χ4v) is 5.47. The van der Waals surface area contributed by atoms with Crippen molar-refractivity contribution in [3.8, 4) is 17.1 Å². The number of non-ortho nitro benzene ring substituents is 1. The third kappa shape index (κ3) is 4.79. The lowest BCUT2D eigenvalue weighted by atomic mass is 9.95. The van der Waals surface area contributed by atoms with Crippen molar-refractivity contribution in [2.45, 2.75) is 19.9 Å². The third-order valence-corrected chi connectivity index (χ3v) is 7.20. The number of esters is 1. The minimum absolute atomic E-state index is 0.0197. The highest BCUT2D eigenvalue weighted by atomic mass is 32.1. The number of para-hydroxylation sites is 1. The largest absolute Gasteiger partial charge is 0.496 e. The number of fused-ring (bicyclic) bond motifs is 1. The lowest BCUT2D eigenvalue weighted by Crippen LogP contribution is -2.40. The number of allylic oxidation sites excluding steroid dienone is 1. The van der Waals surface area contributed by atoms with E-state index in [9.17, 15) is 19.7 Å². The zero-order chi connectivity index (χ0) is 27.7. The Bertz CT molecular complexity index is 1800. The first kappa shape index (κ1) is 25.9. The number of nitrogens with zero attached hydrogens (tertiary/aromatic N) is 3. The van der Waals surface area contributed by atoms with E-state index in [1.807, 2.05) is 18.2 Å². The zero-order valence-corrected chi connectivity index (χ0v) is 22.1. The molecule has 0 radical (unpaired) electrons. The maximum Gasteiger partial charge on any atom is 0.338 e. The van der Waals surface area contributed by atoms with E-state index in [0.29, 0.717) is 43.4 Å².